The third-order valence-electron chi connectivity index (χ3n) is 6.15. The summed E-state index contributed by atoms with van der Waals surface area (Å²) in [6.45, 7) is 7.53. The second-order valence-corrected chi connectivity index (χ2v) is 8.53. The second-order valence-electron chi connectivity index (χ2n) is 8.53. The van der Waals surface area contributed by atoms with Gasteiger partial charge in [-0.2, -0.15) is 4.98 Å². The Balaban J connectivity index is 1.19. The first kappa shape index (κ1) is 21.2. The van der Waals surface area contributed by atoms with Crippen molar-refractivity contribution in [2.75, 3.05) is 33.3 Å². The van der Waals surface area contributed by atoms with E-state index < -0.39 is 0 Å². The van der Waals surface area contributed by atoms with E-state index in [0.29, 0.717) is 37.0 Å². The van der Waals surface area contributed by atoms with Gasteiger partial charge in [0.1, 0.15) is 11.4 Å². The van der Waals surface area contributed by atoms with Crippen molar-refractivity contribution >= 4 is 16.8 Å². The fourth-order valence-electron chi connectivity index (χ4n) is 4.36. The lowest BCUT2D eigenvalue weighted by molar-refractivity contribution is 0.0610. The molecule has 1 N–H and O–H groups in total. The minimum atomic E-state index is 0.0440. The maximum absolute atomic E-state index is 13.1. The zero-order valence-corrected chi connectivity index (χ0v) is 19.1. The molecule has 1 aliphatic heterocycles. The number of benzene rings is 2. The number of hydrogen-bond acceptors (Lipinski definition) is 6. The topological polar surface area (TPSA) is 87.5 Å². The quantitative estimate of drug-likeness (QED) is 0.503. The van der Waals surface area contributed by atoms with Gasteiger partial charge in [-0.25, -0.2) is 0 Å². The molecule has 3 heterocycles. The van der Waals surface area contributed by atoms with Crippen molar-refractivity contribution in [3.05, 3.63) is 65.2 Å². The molecule has 33 heavy (non-hydrogen) atoms. The summed E-state index contributed by atoms with van der Waals surface area (Å²) in [5, 5.41) is 5.21. The Labute approximate surface area is 192 Å². The first-order chi connectivity index (χ1) is 16.0. The van der Waals surface area contributed by atoms with Gasteiger partial charge < -0.3 is 19.1 Å². The first-order valence-electron chi connectivity index (χ1n) is 11.1. The van der Waals surface area contributed by atoms with Crippen LogP contribution in [0.3, 0.4) is 0 Å². The molecule has 0 unspecified atom stereocenters. The van der Waals surface area contributed by atoms with Gasteiger partial charge in [0.15, 0.2) is 0 Å². The summed E-state index contributed by atoms with van der Waals surface area (Å²) in [4.78, 5) is 25.0. The van der Waals surface area contributed by atoms with Crippen LogP contribution in [-0.2, 0) is 6.54 Å². The Kier molecular flexibility index (Phi) is 5.60. The first-order valence-corrected chi connectivity index (χ1v) is 11.1. The summed E-state index contributed by atoms with van der Waals surface area (Å²) in [6, 6.07) is 13.8. The number of aromatic nitrogens is 3. The van der Waals surface area contributed by atoms with Gasteiger partial charge in [0.05, 0.1) is 13.7 Å². The highest BCUT2D eigenvalue weighted by molar-refractivity contribution is 5.99. The molecule has 5 rings (SSSR count). The number of ether oxygens (including phenoxy) is 1. The molecule has 0 spiro atoms. The predicted octanol–water partition coefficient (Wildman–Crippen LogP) is 3.80. The summed E-state index contributed by atoms with van der Waals surface area (Å²) >= 11 is 0. The normalized spacial score (nSPS) is 14.7. The number of hydrogen-bond donors (Lipinski definition) is 1. The van der Waals surface area contributed by atoms with Crippen molar-refractivity contribution in [1.29, 1.82) is 0 Å². The van der Waals surface area contributed by atoms with Gasteiger partial charge in [-0.15, -0.1) is 0 Å². The van der Waals surface area contributed by atoms with E-state index in [1.165, 1.54) is 11.1 Å². The lowest BCUT2D eigenvalue weighted by Gasteiger charge is -2.33. The Morgan fingerprint density at radius 3 is 2.58 bits per heavy atom. The van der Waals surface area contributed by atoms with Crippen LogP contribution in [0.4, 0.5) is 0 Å². The van der Waals surface area contributed by atoms with Gasteiger partial charge in [-0.1, -0.05) is 11.2 Å². The zero-order chi connectivity index (χ0) is 22.9. The van der Waals surface area contributed by atoms with E-state index >= 15 is 0 Å². The van der Waals surface area contributed by atoms with Crippen LogP contribution in [0.5, 0.6) is 5.75 Å². The van der Waals surface area contributed by atoms with E-state index in [9.17, 15) is 4.79 Å². The highest BCUT2D eigenvalue weighted by atomic mass is 16.5. The standard InChI is InChI=1S/C25H27N5O3/c1-16-12-17(2)20-14-22(26-21(20)13-16)25(31)30-10-8-29(9-11-30)15-23-27-24(28-33-23)18-4-6-19(32-3)7-5-18/h4-7,12-14,26H,8-11,15H2,1-3H3. The molecule has 8 nitrogen and oxygen atoms in total. The number of carbonyl (C=O) groups excluding carboxylic acids is 1. The van der Waals surface area contributed by atoms with Crippen molar-refractivity contribution in [2.24, 2.45) is 0 Å². The number of H-pyrrole nitrogens is 1. The van der Waals surface area contributed by atoms with Gasteiger partial charge in [-0.3, -0.25) is 9.69 Å². The van der Waals surface area contributed by atoms with Gasteiger partial charge in [0.2, 0.25) is 11.7 Å². The van der Waals surface area contributed by atoms with Crippen molar-refractivity contribution in [3.8, 4) is 17.1 Å². The lowest BCUT2D eigenvalue weighted by Crippen LogP contribution is -2.48. The van der Waals surface area contributed by atoms with Crippen molar-refractivity contribution in [2.45, 2.75) is 20.4 Å². The average molecular weight is 446 g/mol. The average Bonchev–Trinajstić information content (AvgIpc) is 3.47. The summed E-state index contributed by atoms with van der Waals surface area (Å²) in [7, 11) is 1.64. The maximum atomic E-state index is 13.1. The molecule has 1 amide bonds. The SMILES string of the molecule is COc1ccc(-c2noc(CN3CCN(C(=O)c4cc5c(C)cc(C)cc5[nH]4)CC3)n2)cc1. The zero-order valence-electron chi connectivity index (χ0n) is 19.1. The Hall–Kier alpha value is -3.65. The molecule has 170 valence electrons. The van der Waals surface area contributed by atoms with E-state index in [1.54, 1.807) is 7.11 Å². The van der Waals surface area contributed by atoms with E-state index in [1.807, 2.05) is 35.2 Å². The van der Waals surface area contributed by atoms with Crippen molar-refractivity contribution < 1.29 is 14.1 Å². The molecule has 0 radical (unpaired) electrons. The molecule has 0 atom stereocenters. The second kappa shape index (κ2) is 8.71. The molecule has 2 aromatic carbocycles. The number of piperazine rings is 1. The van der Waals surface area contributed by atoms with Crippen LogP contribution in [0.25, 0.3) is 22.3 Å². The van der Waals surface area contributed by atoms with Crippen molar-refractivity contribution in [3.63, 3.8) is 0 Å². The molecule has 0 aliphatic carbocycles. The molecule has 2 aromatic heterocycles. The fraction of sp³-hybridized carbons (Fsp3) is 0.320. The molecule has 4 aromatic rings. The lowest BCUT2D eigenvalue weighted by atomic mass is 10.1. The van der Waals surface area contributed by atoms with E-state index in [0.717, 1.165) is 35.3 Å². The summed E-state index contributed by atoms with van der Waals surface area (Å²) in [5.41, 5.74) is 4.90. The number of aromatic amines is 1. The highest BCUT2D eigenvalue weighted by Crippen LogP contribution is 2.23. The number of aryl methyl sites for hydroxylation is 2. The molecular weight excluding hydrogens is 418 g/mol. The molecular formula is C25H27N5O3. The summed E-state index contributed by atoms with van der Waals surface area (Å²) in [5.74, 6) is 1.96. The minimum Gasteiger partial charge on any atom is -0.497 e. The number of methoxy groups -OCH3 is 1. The van der Waals surface area contributed by atoms with Gasteiger partial charge in [-0.05, 0) is 61.4 Å². The Morgan fingerprint density at radius 1 is 1.09 bits per heavy atom. The summed E-state index contributed by atoms with van der Waals surface area (Å²) < 4.78 is 10.6. The number of amides is 1. The minimum absolute atomic E-state index is 0.0440. The van der Waals surface area contributed by atoms with Gasteiger partial charge >= 0.3 is 0 Å². The monoisotopic (exact) mass is 445 g/mol. The molecule has 1 fully saturated rings. The number of carbonyl (C=O) groups is 1. The molecule has 8 heteroatoms. The number of nitrogens with zero attached hydrogens (tertiary/aromatic N) is 4. The summed E-state index contributed by atoms with van der Waals surface area (Å²) in [6.07, 6.45) is 0. The van der Waals surface area contributed by atoms with E-state index in [-0.39, 0.29) is 5.91 Å². The Bertz CT molecular complexity index is 1280. The van der Waals surface area contributed by atoms with Gasteiger partial charge in [0, 0.05) is 42.6 Å². The van der Waals surface area contributed by atoms with Crippen LogP contribution in [-0.4, -0.2) is 64.1 Å². The molecule has 1 saturated heterocycles. The largest absolute Gasteiger partial charge is 0.497 e. The van der Waals surface area contributed by atoms with Crippen LogP contribution in [0, 0.1) is 13.8 Å². The van der Waals surface area contributed by atoms with Crippen LogP contribution in [0.2, 0.25) is 0 Å². The van der Waals surface area contributed by atoms with Crippen molar-refractivity contribution in [1.82, 2.24) is 24.9 Å². The maximum Gasteiger partial charge on any atom is 0.270 e. The number of rotatable bonds is 5. The van der Waals surface area contributed by atoms with Crippen LogP contribution >= 0.6 is 0 Å². The van der Waals surface area contributed by atoms with Gasteiger partial charge in [0.25, 0.3) is 5.91 Å². The fourth-order valence-corrected chi connectivity index (χ4v) is 4.36. The van der Waals surface area contributed by atoms with E-state index in [2.05, 4.69) is 46.0 Å². The van der Waals surface area contributed by atoms with E-state index in [4.69, 9.17) is 9.26 Å². The third-order valence-corrected chi connectivity index (χ3v) is 6.15. The number of nitrogens with one attached hydrogen (secondary N) is 1. The smallest absolute Gasteiger partial charge is 0.270 e. The molecule has 0 saturated carbocycles. The van der Waals surface area contributed by atoms with Crippen LogP contribution in [0.15, 0.2) is 47.0 Å². The Morgan fingerprint density at radius 2 is 1.85 bits per heavy atom. The molecule has 0 bridgehead atoms. The predicted molar refractivity (Wildman–Crippen MR) is 125 cm³/mol. The third kappa shape index (κ3) is 4.34. The number of fused-ring (bicyclic) bond motifs is 1. The molecule has 1 aliphatic rings. The van der Waals surface area contributed by atoms with Crippen LogP contribution < -0.4 is 4.74 Å². The highest BCUT2D eigenvalue weighted by Gasteiger charge is 2.24. The van der Waals surface area contributed by atoms with Crippen LogP contribution in [0.1, 0.15) is 27.5 Å².